The highest BCUT2D eigenvalue weighted by atomic mass is 79.9. The standard InChI is InChI=1S/C20H22BrN5/c1-4-14(3)23-20-25-18(15-6-5-9-22-12-15)11-19(26-20)24-17-8-7-13(2)10-16(17)21/h5-12,14H,4H2,1-3H3,(H2,23,24,25,26)/t14-/m1/s1. The molecule has 26 heavy (non-hydrogen) atoms. The molecule has 0 radical (unpaired) electrons. The van der Waals surface area contributed by atoms with Gasteiger partial charge in [-0.2, -0.15) is 4.98 Å². The molecule has 0 unspecified atom stereocenters. The number of aromatic nitrogens is 3. The second-order valence-electron chi connectivity index (χ2n) is 6.27. The van der Waals surface area contributed by atoms with E-state index in [1.54, 1.807) is 12.4 Å². The zero-order valence-electron chi connectivity index (χ0n) is 15.1. The fraction of sp³-hybridized carbons (Fsp3) is 0.250. The van der Waals surface area contributed by atoms with Crippen molar-refractivity contribution in [1.82, 2.24) is 15.0 Å². The number of pyridine rings is 1. The third-order valence-electron chi connectivity index (χ3n) is 4.06. The van der Waals surface area contributed by atoms with Gasteiger partial charge >= 0.3 is 0 Å². The lowest BCUT2D eigenvalue weighted by atomic mass is 10.2. The average molecular weight is 412 g/mol. The second-order valence-corrected chi connectivity index (χ2v) is 7.12. The van der Waals surface area contributed by atoms with E-state index in [-0.39, 0.29) is 6.04 Å². The Kier molecular flexibility index (Phi) is 5.83. The second kappa shape index (κ2) is 8.27. The number of hydrogen-bond acceptors (Lipinski definition) is 5. The first kappa shape index (κ1) is 18.3. The van der Waals surface area contributed by atoms with E-state index in [9.17, 15) is 0 Å². The van der Waals surface area contributed by atoms with Crippen LogP contribution in [0.2, 0.25) is 0 Å². The summed E-state index contributed by atoms with van der Waals surface area (Å²) in [5.74, 6) is 1.33. The van der Waals surface area contributed by atoms with Gasteiger partial charge in [0.1, 0.15) is 5.82 Å². The summed E-state index contributed by atoms with van der Waals surface area (Å²) >= 11 is 3.61. The van der Waals surface area contributed by atoms with Crippen LogP contribution >= 0.6 is 15.9 Å². The zero-order valence-corrected chi connectivity index (χ0v) is 16.7. The average Bonchev–Trinajstić information content (AvgIpc) is 2.64. The van der Waals surface area contributed by atoms with Gasteiger partial charge in [-0.1, -0.05) is 13.0 Å². The van der Waals surface area contributed by atoms with E-state index in [1.165, 1.54) is 5.56 Å². The predicted octanol–water partition coefficient (Wildman–Crippen LogP) is 5.56. The Bertz CT molecular complexity index is 883. The lowest BCUT2D eigenvalue weighted by molar-refractivity contribution is 0.753. The summed E-state index contributed by atoms with van der Waals surface area (Å²) in [6, 6.07) is 12.3. The van der Waals surface area contributed by atoms with Crippen molar-refractivity contribution in [2.75, 3.05) is 10.6 Å². The Balaban J connectivity index is 1.98. The van der Waals surface area contributed by atoms with Crippen molar-refractivity contribution in [3.05, 3.63) is 58.8 Å². The summed E-state index contributed by atoms with van der Waals surface area (Å²) in [7, 11) is 0. The lowest BCUT2D eigenvalue weighted by Gasteiger charge is -2.15. The van der Waals surface area contributed by atoms with Gasteiger partial charge < -0.3 is 10.6 Å². The van der Waals surface area contributed by atoms with Gasteiger partial charge in [-0.25, -0.2) is 4.98 Å². The maximum absolute atomic E-state index is 4.66. The van der Waals surface area contributed by atoms with E-state index in [0.717, 1.165) is 33.7 Å². The summed E-state index contributed by atoms with van der Waals surface area (Å²) in [5, 5.41) is 6.74. The molecule has 1 atom stereocenters. The van der Waals surface area contributed by atoms with Crippen molar-refractivity contribution >= 4 is 33.4 Å². The van der Waals surface area contributed by atoms with Crippen LogP contribution in [0.15, 0.2) is 53.3 Å². The Morgan fingerprint density at radius 1 is 1.15 bits per heavy atom. The van der Waals surface area contributed by atoms with Gasteiger partial charge in [0.05, 0.1) is 11.4 Å². The van der Waals surface area contributed by atoms with E-state index < -0.39 is 0 Å². The number of halogens is 1. The number of anilines is 3. The van der Waals surface area contributed by atoms with Crippen molar-refractivity contribution in [3.63, 3.8) is 0 Å². The highest BCUT2D eigenvalue weighted by molar-refractivity contribution is 9.10. The van der Waals surface area contributed by atoms with E-state index in [0.29, 0.717) is 5.95 Å². The molecule has 3 rings (SSSR count). The van der Waals surface area contributed by atoms with Gasteiger partial charge in [-0.05, 0) is 66.0 Å². The largest absolute Gasteiger partial charge is 0.352 e. The highest BCUT2D eigenvalue weighted by Gasteiger charge is 2.10. The molecule has 3 aromatic rings. The molecule has 0 aliphatic rings. The van der Waals surface area contributed by atoms with Gasteiger partial charge in [0.15, 0.2) is 0 Å². The molecule has 1 aromatic carbocycles. The number of rotatable bonds is 6. The van der Waals surface area contributed by atoms with Crippen LogP contribution in [0.3, 0.4) is 0 Å². The van der Waals surface area contributed by atoms with Gasteiger partial charge in [-0.3, -0.25) is 4.98 Å². The van der Waals surface area contributed by atoms with Crippen molar-refractivity contribution in [1.29, 1.82) is 0 Å². The number of benzene rings is 1. The van der Waals surface area contributed by atoms with Crippen molar-refractivity contribution in [2.45, 2.75) is 33.2 Å². The van der Waals surface area contributed by atoms with Crippen LogP contribution in [0.4, 0.5) is 17.5 Å². The monoisotopic (exact) mass is 411 g/mol. The molecule has 134 valence electrons. The minimum Gasteiger partial charge on any atom is -0.352 e. The Hall–Kier alpha value is -2.47. The minimum atomic E-state index is 0.290. The Morgan fingerprint density at radius 3 is 2.69 bits per heavy atom. The zero-order chi connectivity index (χ0) is 18.5. The first-order chi connectivity index (χ1) is 12.5. The highest BCUT2D eigenvalue weighted by Crippen LogP contribution is 2.28. The molecular formula is C20H22BrN5. The molecule has 6 heteroatoms. The summed E-state index contributed by atoms with van der Waals surface area (Å²) in [4.78, 5) is 13.5. The quantitative estimate of drug-likeness (QED) is 0.555. The fourth-order valence-electron chi connectivity index (χ4n) is 2.42. The van der Waals surface area contributed by atoms with Crippen LogP contribution in [0.5, 0.6) is 0 Å². The summed E-state index contributed by atoms with van der Waals surface area (Å²) in [6.07, 6.45) is 4.55. The number of hydrogen-bond donors (Lipinski definition) is 2. The van der Waals surface area contributed by atoms with Crippen LogP contribution in [0.1, 0.15) is 25.8 Å². The Labute approximate surface area is 162 Å². The SMILES string of the molecule is CC[C@@H](C)Nc1nc(Nc2ccc(C)cc2Br)cc(-c2cccnc2)n1. The number of nitrogens with one attached hydrogen (secondary N) is 2. The molecule has 0 saturated heterocycles. The summed E-state index contributed by atoms with van der Waals surface area (Å²) < 4.78 is 0.996. The molecule has 0 spiro atoms. The Morgan fingerprint density at radius 2 is 2.00 bits per heavy atom. The van der Waals surface area contributed by atoms with E-state index in [2.05, 4.69) is 74.4 Å². The van der Waals surface area contributed by atoms with E-state index in [1.807, 2.05) is 24.3 Å². The summed E-state index contributed by atoms with van der Waals surface area (Å²) in [5.41, 5.74) is 3.93. The van der Waals surface area contributed by atoms with Gasteiger partial charge in [0.2, 0.25) is 5.95 Å². The maximum Gasteiger partial charge on any atom is 0.225 e. The van der Waals surface area contributed by atoms with Crippen LogP contribution in [0.25, 0.3) is 11.3 Å². The molecule has 2 aromatic heterocycles. The van der Waals surface area contributed by atoms with Gasteiger partial charge in [-0.15, -0.1) is 0 Å². The first-order valence-electron chi connectivity index (χ1n) is 8.64. The maximum atomic E-state index is 4.66. The van der Waals surface area contributed by atoms with Crippen LogP contribution < -0.4 is 10.6 Å². The topological polar surface area (TPSA) is 62.7 Å². The van der Waals surface area contributed by atoms with Crippen LogP contribution in [0, 0.1) is 6.92 Å². The normalized spacial score (nSPS) is 11.8. The number of nitrogens with zero attached hydrogens (tertiary/aromatic N) is 3. The fourth-order valence-corrected chi connectivity index (χ4v) is 3.01. The van der Waals surface area contributed by atoms with Crippen molar-refractivity contribution < 1.29 is 0 Å². The van der Waals surface area contributed by atoms with Crippen LogP contribution in [-0.4, -0.2) is 21.0 Å². The minimum absolute atomic E-state index is 0.290. The predicted molar refractivity (Wildman–Crippen MR) is 111 cm³/mol. The molecule has 0 fully saturated rings. The van der Waals surface area contributed by atoms with Crippen molar-refractivity contribution in [2.24, 2.45) is 0 Å². The third-order valence-corrected chi connectivity index (χ3v) is 4.71. The lowest BCUT2D eigenvalue weighted by Crippen LogP contribution is -2.16. The molecule has 0 aliphatic heterocycles. The first-order valence-corrected chi connectivity index (χ1v) is 9.43. The van der Waals surface area contributed by atoms with Gasteiger partial charge in [0, 0.05) is 34.5 Å². The summed E-state index contributed by atoms with van der Waals surface area (Å²) in [6.45, 7) is 6.31. The smallest absolute Gasteiger partial charge is 0.225 e. The molecular weight excluding hydrogens is 390 g/mol. The van der Waals surface area contributed by atoms with Crippen molar-refractivity contribution in [3.8, 4) is 11.3 Å². The van der Waals surface area contributed by atoms with Crippen LogP contribution in [-0.2, 0) is 0 Å². The number of aryl methyl sites for hydroxylation is 1. The molecule has 5 nitrogen and oxygen atoms in total. The molecule has 0 saturated carbocycles. The molecule has 0 amide bonds. The third kappa shape index (κ3) is 4.58. The molecule has 2 heterocycles. The molecule has 0 aliphatic carbocycles. The van der Waals surface area contributed by atoms with E-state index >= 15 is 0 Å². The van der Waals surface area contributed by atoms with Gasteiger partial charge in [0.25, 0.3) is 0 Å². The van der Waals surface area contributed by atoms with E-state index in [4.69, 9.17) is 0 Å². The molecule has 0 bridgehead atoms. The molecule has 2 N–H and O–H groups in total.